The van der Waals surface area contributed by atoms with Crippen LogP contribution in [0.4, 0.5) is 0 Å². The van der Waals surface area contributed by atoms with Crippen molar-refractivity contribution in [2.45, 2.75) is 51.8 Å². The zero-order valence-corrected chi connectivity index (χ0v) is 19.0. The molecule has 0 atom stereocenters. The minimum absolute atomic E-state index is 0. The summed E-state index contributed by atoms with van der Waals surface area (Å²) in [6.45, 7) is 9.12. The predicted octanol–water partition coefficient (Wildman–Crippen LogP) is 3.38. The molecule has 0 radical (unpaired) electrons. The fourth-order valence-corrected chi connectivity index (χ4v) is 2.91. The number of piperidine rings is 1. The second-order valence-electron chi connectivity index (χ2n) is 7.40. The fraction of sp³-hybridized carbons (Fsp3) is 0.650. The van der Waals surface area contributed by atoms with Crippen LogP contribution in [0, 0.1) is 0 Å². The molecule has 1 fully saturated rings. The second kappa shape index (κ2) is 11.8. The van der Waals surface area contributed by atoms with E-state index in [9.17, 15) is 0 Å². The van der Waals surface area contributed by atoms with Gasteiger partial charge in [0.2, 0.25) is 0 Å². The molecule has 1 saturated heterocycles. The van der Waals surface area contributed by atoms with Gasteiger partial charge in [-0.1, -0.05) is 30.7 Å². The van der Waals surface area contributed by atoms with E-state index in [1.165, 1.54) is 43.5 Å². The summed E-state index contributed by atoms with van der Waals surface area (Å²) in [6.07, 6.45) is 4.07. The molecule has 1 aliphatic heterocycles. The molecule has 1 heterocycles. The molecule has 0 saturated carbocycles. The van der Waals surface area contributed by atoms with Crippen LogP contribution in [0.5, 0.6) is 0 Å². The van der Waals surface area contributed by atoms with Gasteiger partial charge in [-0.2, -0.15) is 0 Å². The number of hydrogen-bond acceptors (Lipinski definition) is 3. The molecule has 2 rings (SSSR count). The van der Waals surface area contributed by atoms with E-state index < -0.39 is 0 Å². The van der Waals surface area contributed by atoms with Crippen molar-refractivity contribution in [3.05, 3.63) is 35.4 Å². The number of nitrogens with one attached hydrogen (secondary N) is 2. The van der Waals surface area contributed by atoms with Gasteiger partial charge in [-0.05, 0) is 50.9 Å². The maximum absolute atomic E-state index is 5.42. The summed E-state index contributed by atoms with van der Waals surface area (Å²) >= 11 is 0. The largest absolute Gasteiger partial charge is 0.377 e. The molecule has 0 spiro atoms. The van der Waals surface area contributed by atoms with Crippen LogP contribution < -0.4 is 10.6 Å². The first kappa shape index (κ1) is 23.2. The molecule has 1 aromatic rings. The van der Waals surface area contributed by atoms with Crippen molar-refractivity contribution in [1.82, 2.24) is 15.5 Å². The van der Waals surface area contributed by atoms with Crippen LogP contribution in [0.1, 0.15) is 44.2 Å². The number of likely N-dealkylation sites (tertiary alicyclic amines) is 1. The molecule has 148 valence electrons. The number of guanidine groups is 1. The van der Waals surface area contributed by atoms with E-state index in [1.807, 2.05) is 13.8 Å². The van der Waals surface area contributed by atoms with Gasteiger partial charge in [-0.15, -0.1) is 24.0 Å². The highest BCUT2D eigenvalue weighted by Crippen LogP contribution is 2.13. The Morgan fingerprint density at radius 2 is 1.69 bits per heavy atom. The number of halogens is 1. The lowest BCUT2D eigenvalue weighted by atomic mass is 10.1. The van der Waals surface area contributed by atoms with Gasteiger partial charge in [0.15, 0.2) is 5.96 Å². The Labute approximate surface area is 176 Å². The molecule has 0 bridgehead atoms. The van der Waals surface area contributed by atoms with Crippen LogP contribution in [-0.2, 0) is 17.8 Å². The van der Waals surface area contributed by atoms with E-state index in [1.54, 1.807) is 14.2 Å². The first-order valence-corrected chi connectivity index (χ1v) is 9.32. The van der Waals surface area contributed by atoms with E-state index in [2.05, 4.69) is 44.8 Å². The molecular formula is C20H35IN4O. The quantitative estimate of drug-likeness (QED) is 0.362. The minimum Gasteiger partial charge on any atom is -0.377 e. The van der Waals surface area contributed by atoms with Crippen LogP contribution in [0.3, 0.4) is 0 Å². The molecule has 1 aliphatic rings. The summed E-state index contributed by atoms with van der Waals surface area (Å²) in [6, 6.07) is 8.91. The molecule has 1 aromatic carbocycles. The first-order chi connectivity index (χ1) is 12.0. The van der Waals surface area contributed by atoms with Crippen LogP contribution in [0.2, 0.25) is 0 Å². The number of hydrogen-bond donors (Lipinski definition) is 2. The van der Waals surface area contributed by atoms with Crippen LogP contribution in [0.15, 0.2) is 29.3 Å². The number of aliphatic imine (C=N–C) groups is 1. The summed E-state index contributed by atoms with van der Waals surface area (Å²) in [4.78, 5) is 6.82. The number of methoxy groups -OCH3 is 1. The predicted molar refractivity (Wildman–Crippen MR) is 120 cm³/mol. The Kier molecular flexibility index (Phi) is 10.5. The summed E-state index contributed by atoms with van der Waals surface area (Å²) in [5.41, 5.74) is 2.44. The van der Waals surface area contributed by atoms with Gasteiger partial charge < -0.3 is 15.4 Å². The van der Waals surface area contributed by atoms with E-state index in [0.29, 0.717) is 6.54 Å². The molecule has 0 aromatic heterocycles. The lowest BCUT2D eigenvalue weighted by molar-refractivity contribution is 0.0268. The van der Waals surface area contributed by atoms with Crippen LogP contribution >= 0.6 is 24.0 Å². The average molecular weight is 474 g/mol. The van der Waals surface area contributed by atoms with Gasteiger partial charge in [0.25, 0.3) is 0 Å². The summed E-state index contributed by atoms with van der Waals surface area (Å²) < 4.78 is 5.42. The number of rotatable bonds is 7. The highest BCUT2D eigenvalue weighted by atomic mass is 127. The third kappa shape index (κ3) is 8.22. The van der Waals surface area contributed by atoms with Gasteiger partial charge in [0, 0.05) is 33.8 Å². The normalized spacial score (nSPS) is 16.1. The second-order valence-corrected chi connectivity index (χ2v) is 7.40. The molecule has 0 aliphatic carbocycles. The summed E-state index contributed by atoms with van der Waals surface area (Å²) in [5.74, 6) is 0.794. The van der Waals surface area contributed by atoms with E-state index >= 15 is 0 Å². The molecule has 2 N–H and O–H groups in total. The maximum atomic E-state index is 5.42. The fourth-order valence-electron chi connectivity index (χ4n) is 2.91. The van der Waals surface area contributed by atoms with Crippen LogP contribution in [0.25, 0.3) is 0 Å². The third-order valence-electron chi connectivity index (χ3n) is 4.80. The van der Waals surface area contributed by atoms with Gasteiger partial charge in [0.1, 0.15) is 0 Å². The number of benzene rings is 1. The van der Waals surface area contributed by atoms with Crippen molar-refractivity contribution in [2.24, 2.45) is 4.99 Å². The Morgan fingerprint density at radius 3 is 2.27 bits per heavy atom. The van der Waals surface area contributed by atoms with Crippen molar-refractivity contribution < 1.29 is 4.74 Å². The summed E-state index contributed by atoms with van der Waals surface area (Å²) in [7, 11) is 3.51. The molecule has 0 amide bonds. The van der Waals surface area contributed by atoms with Gasteiger partial charge >= 0.3 is 0 Å². The highest BCUT2D eigenvalue weighted by molar-refractivity contribution is 14.0. The maximum Gasteiger partial charge on any atom is 0.191 e. The van der Waals surface area contributed by atoms with Gasteiger partial charge in [0.05, 0.1) is 5.60 Å². The van der Waals surface area contributed by atoms with Crippen molar-refractivity contribution in [3.63, 3.8) is 0 Å². The van der Waals surface area contributed by atoms with E-state index in [-0.39, 0.29) is 29.6 Å². The van der Waals surface area contributed by atoms with Crippen LogP contribution in [-0.4, -0.2) is 50.3 Å². The monoisotopic (exact) mass is 474 g/mol. The smallest absolute Gasteiger partial charge is 0.191 e. The van der Waals surface area contributed by atoms with Gasteiger partial charge in [-0.3, -0.25) is 9.89 Å². The summed E-state index contributed by atoms with van der Waals surface area (Å²) in [5, 5.41) is 6.66. The molecule has 0 unspecified atom stereocenters. The Hall–Kier alpha value is -0.860. The molecule has 5 nitrogen and oxygen atoms in total. The Bertz CT molecular complexity index is 539. The van der Waals surface area contributed by atoms with Crippen molar-refractivity contribution in [2.75, 3.05) is 33.8 Å². The van der Waals surface area contributed by atoms with Crippen molar-refractivity contribution >= 4 is 29.9 Å². The zero-order chi connectivity index (χ0) is 18.1. The Balaban J connectivity index is 0.00000338. The standard InChI is InChI=1S/C20H34N4O.HI/c1-20(2,25-4)16-23-19(21-3)22-14-17-8-10-18(11-9-17)15-24-12-6-5-7-13-24;/h8-11H,5-7,12-16H2,1-4H3,(H2,21,22,23);1H. The van der Waals surface area contributed by atoms with E-state index in [4.69, 9.17) is 4.74 Å². The topological polar surface area (TPSA) is 48.9 Å². The average Bonchev–Trinajstić information content (AvgIpc) is 2.64. The lowest BCUT2D eigenvalue weighted by Crippen LogP contribution is -2.45. The van der Waals surface area contributed by atoms with Crippen molar-refractivity contribution in [1.29, 1.82) is 0 Å². The minimum atomic E-state index is -0.215. The zero-order valence-electron chi connectivity index (χ0n) is 16.7. The van der Waals surface area contributed by atoms with Crippen molar-refractivity contribution in [3.8, 4) is 0 Å². The number of nitrogens with zero attached hydrogens (tertiary/aromatic N) is 2. The van der Waals surface area contributed by atoms with E-state index in [0.717, 1.165) is 19.0 Å². The molecular weight excluding hydrogens is 439 g/mol. The Morgan fingerprint density at radius 1 is 1.08 bits per heavy atom. The molecule has 6 heteroatoms. The number of ether oxygens (including phenoxy) is 1. The SMILES string of the molecule is CN=C(NCc1ccc(CN2CCCCC2)cc1)NCC(C)(C)OC.I. The van der Waals surface area contributed by atoms with Gasteiger partial charge in [-0.25, -0.2) is 0 Å². The first-order valence-electron chi connectivity index (χ1n) is 9.32. The third-order valence-corrected chi connectivity index (χ3v) is 4.80. The molecule has 26 heavy (non-hydrogen) atoms. The highest BCUT2D eigenvalue weighted by Gasteiger charge is 2.16. The lowest BCUT2D eigenvalue weighted by Gasteiger charge is -2.26.